The van der Waals surface area contributed by atoms with Gasteiger partial charge in [-0.2, -0.15) is 4.31 Å². The fourth-order valence-corrected chi connectivity index (χ4v) is 6.32. The highest BCUT2D eigenvalue weighted by atomic mass is 32.2. The van der Waals surface area contributed by atoms with Gasteiger partial charge in [0.05, 0.1) is 47.9 Å². The number of nitrogens with zero attached hydrogens (tertiary/aromatic N) is 4. The largest absolute Gasteiger partial charge is 0.481 e. The molecule has 0 saturated carbocycles. The summed E-state index contributed by atoms with van der Waals surface area (Å²) < 4.78 is 42.2. The molecule has 1 aromatic heterocycles. The number of aliphatic carboxylic acids is 1. The summed E-state index contributed by atoms with van der Waals surface area (Å²) in [5, 5.41) is 27.8. The van der Waals surface area contributed by atoms with Crippen LogP contribution in [0.1, 0.15) is 58.3 Å². The average Bonchev–Trinajstić information content (AvgIpc) is 3.49. The van der Waals surface area contributed by atoms with Crippen LogP contribution in [0.3, 0.4) is 0 Å². The first-order chi connectivity index (χ1) is 21.8. The fourth-order valence-electron chi connectivity index (χ4n) is 4.87. The van der Waals surface area contributed by atoms with Crippen LogP contribution in [0, 0.1) is 12.3 Å². The quantitative estimate of drug-likeness (QED) is 0.174. The SMILES string of the molecule is COCCn1cc(COC(c2ccc(C)c(CN(Cc3ccccc3)S(=O)(=O)c3cccc(C(=O)O)c3)c2)C(C)(C)C(=O)O)nn1. The molecule has 13 heteroatoms. The Hall–Kier alpha value is -4.43. The molecule has 0 fully saturated rings. The molecule has 4 aromatic rings. The summed E-state index contributed by atoms with van der Waals surface area (Å²) in [4.78, 5) is 23.9. The van der Waals surface area contributed by atoms with Gasteiger partial charge in [-0.1, -0.05) is 59.8 Å². The van der Waals surface area contributed by atoms with Gasteiger partial charge in [0.1, 0.15) is 5.69 Å². The molecule has 12 nitrogen and oxygen atoms in total. The molecule has 46 heavy (non-hydrogen) atoms. The van der Waals surface area contributed by atoms with Crippen LogP contribution in [-0.2, 0) is 50.5 Å². The summed E-state index contributed by atoms with van der Waals surface area (Å²) >= 11 is 0. The Morgan fingerprint density at radius 3 is 2.41 bits per heavy atom. The topological polar surface area (TPSA) is 161 Å². The van der Waals surface area contributed by atoms with Crippen molar-refractivity contribution in [1.82, 2.24) is 19.3 Å². The molecule has 3 aromatic carbocycles. The van der Waals surface area contributed by atoms with Crippen LogP contribution >= 0.6 is 0 Å². The van der Waals surface area contributed by atoms with Crippen LogP contribution in [-0.4, -0.2) is 63.6 Å². The average molecular weight is 651 g/mol. The molecule has 244 valence electrons. The number of carboxylic acids is 2. The number of aromatic carboxylic acids is 1. The highest BCUT2D eigenvalue weighted by molar-refractivity contribution is 7.89. The number of carbonyl (C=O) groups is 2. The number of aryl methyl sites for hydroxylation is 1. The summed E-state index contributed by atoms with van der Waals surface area (Å²) in [6.45, 7) is 5.86. The van der Waals surface area contributed by atoms with Crippen molar-refractivity contribution in [2.75, 3.05) is 13.7 Å². The van der Waals surface area contributed by atoms with Crippen molar-refractivity contribution in [3.8, 4) is 0 Å². The zero-order valence-corrected chi connectivity index (χ0v) is 27.0. The Labute approximate surface area is 268 Å². The van der Waals surface area contributed by atoms with Gasteiger partial charge in [0, 0.05) is 20.2 Å². The summed E-state index contributed by atoms with van der Waals surface area (Å²) in [6.07, 6.45) is 0.774. The molecule has 4 rings (SSSR count). The van der Waals surface area contributed by atoms with E-state index in [1.165, 1.54) is 22.5 Å². The van der Waals surface area contributed by atoms with Crippen LogP contribution in [0.25, 0.3) is 0 Å². The van der Waals surface area contributed by atoms with Crippen LogP contribution in [0.5, 0.6) is 0 Å². The lowest BCUT2D eigenvalue weighted by molar-refractivity contribution is -0.158. The van der Waals surface area contributed by atoms with Crippen molar-refractivity contribution >= 4 is 22.0 Å². The highest BCUT2D eigenvalue weighted by Crippen LogP contribution is 2.38. The molecule has 1 heterocycles. The van der Waals surface area contributed by atoms with Gasteiger partial charge in [-0.05, 0) is 61.2 Å². The molecular formula is C33H38N4O8S. The smallest absolute Gasteiger partial charge is 0.335 e. The number of aromatic nitrogens is 3. The van der Waals surface area contributed by atoms with Gasteiger partial charge in [-0.3, -0.25) is 4.79 Å². The van der Waals surface area contributed by atoms with E-state index in [1.54, 1.807) is 50.0 Å². The maximum absolute atomic E-state index is 14.0. The van der Waals surface area contributed by atoms with Gasteiger partial charge in [0.25, 0.3) is 0 Å². The van der Waals surface area contributed by atoms with Gasteiger partial charge in [0.15, 0.2) is 0 Å². The predicted octanol–water partition coefficient (Wildman–Crippen LogP) is 4.69. The van der Waals surface area contributed by atoms with Crippen LogP contribution < -0.4 is 0 Å². The lowest BCUT2D eigenvalue weighted by Crippen LogP contribution is -2.33. The van der Waals surface area contributed by atoms with Gasteiger partial charge in [-0.25, -0.2) is 17.9 Å². The number of hydrogen-bond donors (Lipinski definition) is 2. The standard InChI is InChI=1S/C33H38N4O8S/c1-23-13-14-25(30(33(2,3)32(40)41)45-22-28-21-36(35-34-28)15-16-44-4)17-27(23)20-37(19-24-9-6-5-7-10-24)46(42,43)29-12-8-11-26(18-29)31(38)39/h5-14,17-18,21,30H,15-16,19-20,22H2,1-4H3,(H,38,39)(H,40,41). The van der Waals surface area contributed by atoms with E-state index in [0.717, 1.165) is 17.2 Å². The number of carboxylic acid groups (broad SMARTS) is 2. The number of rotatable bonds is 16. The van der Waals surface area contributed by atoms with Gasteiger partial charge < -0.3 is 19.7 Å². The molecule has 0 saturated heterocycles. The summed E-state index contributed by atoms with van der Waals surface area (Å²) in [6, 6.07) is 19.7. The molecule has 0 aliphatic heterocycles. The van der Waals surface area contributed by atoms with Crippen molar-refractivity contribution in [1.29, 1.82) is 0 Å². The second-order valence-corrected chi connectivity index (χ2v) is 13.4. The van der Waals surface area contributed by atoms with Crippen LogP contribution in [0.2, 0.25) is 0 Å². The number of ether oxygens (including phenoxy) is 2. The molecule has 0 aliphatic carbocycles. The van der Waals surface area contributed by atoms with E-state index in [2.05, 4.69) is 10.3 Å². The van der Waals surface area contributed by atoms with Gasteiger partial charge in [0.2, 0.25) is 10.0 Å². The molecule has 1 unspecified atom stereocenters. The predicted molar refractivity (Wildman–Crippen MR) is 168 cm³/mol. The molecule has 0 amide bonds. The third-order valence-electron chi connectivity index (χ3n) is 7.66. The lowest BCUT2D eigenvalue weighted by atomic mass is 9.81. The maximum atomic E-state index is 14.0. The summed E-state index contributed by atoms with van der Waals surface area (Å²) in [7, 11) is -2.59. The second-order valence-electron chi connectivity index (χ2n) is 11.5. The first-order valence-electron chi connectivity index (χ1n) is 14.5. The van der Waals surface area contributed by atoms with E-state index in [-0.39, 0.29) is 30.2 Å². The normalized spacial score (nSPS) is 12.7. The Bertz CT molecular complexity index is 1770. The van der Waals surface area contributed by atoms with Crippen molar-refractivity contribution < 1.29 is 37.7 Å². The van der Waals surface area contributed by atoms with E-state index in [1.807, 2.05) is 37.3 Å². The zero-order chi connectivity index (χ0) is 33.5. The molecular weight excluding hydrogens is 612 g/mol. The first-order valence-corrected chi connectivity index (χ1v) is 16.0. The monoisotopic (exact) mass is 650 g/mol. The summed E-state index contributed by atoms with van der Waals surface area (Å²) in [5.41, 5.74) is 1.69. The zero-order valence-electron chi connectivity index (χ0n) is 26.2. The van der Waals surface area contributed by atoms with E-state index < -0.39 is 33.5 Å². The minimum Gasteiger partial charge on any atom is -0.481 e. The highest BCUT2D eigenvalue weighted by Gasteiger charge is 2.39. The van der Waals surface area contributed by atoms with E-state index in [9.17, 15) is 28.2 Å². The van der Waals surface area contributed by atoms with Crippen molar-refractivity contribution in [3.63, 3.8) is 0 Å². The third-order valence-corrected chi connectivity index (χ3v) is 9.45. The van der Waals surface area contributed by atoms with Crippen LogP contribution in [0.4, 0.5) is 0 Å². The number of sulfonamides is 1. The Morgan fingerprint density at radius 2 is 1.74 bits per heavy atom. The molecule has 0 aliphatic rings. The first kappa shape index (κ1) is 34.4. The minimum atomic E-state index is -4.18. The number of hydrogen-bond acceptors (Lipinski definition) is 8. The van der Waals surface area contributed by atoms with Crippen LogP contribution in [0.15, 0.2) is 83.9 Å². The molecule has 1 atom stereocenters. The van der Waals surface area contributed by atoms with E-state index in [4.69, 9.17) is 9.47 Å². The molecule has 0 bridgehead atoms. The summed E-state index contributed by atoms with van der Waals surface area (Å²) in [5.74, 6) is -2.31. The Balaban J connectivity index is 1.70. The Kier molecular flexibility index (Phi) is 11.1. The number of methoxy groups -OCH3 is 1. The van der Waals surface area contributed by atoms with Gasteiger partial charge >= 0.3 is 11.9 Å². The molecule has 0 radical (unpaired) electrons. The lowest BCUT2D eigenvalue weighted by Gasteiger charge is -2.31. The van der Waals surface area contributed by atoms with Crippen molar-refractivity contribution in [2.24, 2.45) is 5.41 Å². The van der Waals surface area contributed by atoms with Gasteiger partial charge in [-0.15, -0.1) is 5.10 Å². The Morgan fingerprint density at radius 1 is 1.00 bits per heavy atom. The third kappa shape index (κ3) is 8.23. The van der Waals surface area contributed by atoms with Crippen molar-refractivity contribution in [3.05, 3.63) is 113 Å². The van der Waals surface area contributed by atoms with E-state index >= 15 is 0 Å². The second kappa shape index (κ2) is 14.8. The molecule has 2 N–H and O–H groups in total. The minimum absolute atomic E-state index is 0.00794. The number of benzene rings is 3. The van der Waals surface area contributed by atoms with E-state index in [0.29, 0.717) is 30.0 Å². The molecule has 0 spiro atoms. The maximum Gasteiger partial charge on any atom is 0.335 e. The van der Waals surface area contributed by atoms with Crippen molar-refractivity contribution in [2.45, 2.75) is 58.0 Å². The fraction of sp³-hybridized carbons (Fsp3) is 0.333.